The number of carbonyl (C=O) groups is 1. The number of amides is 1. The normalized spacial score (nSPS) is 17.2. The van der Waals surface area contributed by atoms with Crippen LogP contribution in [0.15, 0.2) is 30.3 Å². The van der Waals surface area contributed by atoms with Gasteiger partial charge in [-0.2, -0.15) is 0 Å². The zero-order valence-electron chi connectivity index (χ0n) is 14.3. The third-order valence-electron chi connectivity index (χ3n) is 4.20. The molecule has 1 fully saturated rings. The highest BCUT2D eigenvalue weighted by molar-refractivity contribution is 5.77. The van der Waals surface area contributed by atoms with Crippen molar-refractivity contribution in [2.24, 2.45) is 0 Å². The largest absolute Gasteiger partial charge is 0.379 e. The SMILES string of the molecule is CCNC(=O)CN(Cc1ccccc1)C(C)CN1CCOCC1. The summed E-state index contributed by atoms with van der Waals surface area (Å²) in [5.41, 5.74) is 1.24. The first-order valence-electron chi connectivity index (χ1n) is 8.53. The van der Waals surface area contributed by atoms with Crippen LogP contribution in [-0.4, -0.2) is 67.7 Å². The lowest BCUT2D eigenvalue weighted by molar-refractivity contribution is -0.123. The van der Waals surface area contributed by atoms with Crippen molar-refractivity contribution in [3.63, 3.8) is 0 Å². The highest BCUT2D eigenvalue weighted by Crippen LogP contribution is 2.10. The van der Waals surface area contributed by atoms with Crippen LogP contribution >= 0.6 is 0 Å². The van der Waals surface area contributed by atoms with Gasteiger partial charge in [-0.3, -0.25) is 14.6 Å². The number of likely N-dealkylation sites (N-methyl/N-ethyl adjacent to an activating group) is 1. The van der Waals surface area contributed by atoms with Gasteiger partial charge in [0.05, 0.1) is 19.8 Å². The molecule has 0 aromatic heterocycles. The molecule has 0 spiro atoms. The van der Waals surface area contributed by atoms with Gasteiger partial charge in [-0.1, -0.05) is 30.3 Å². The molecule has 1 aromatic carbocycles. The fraction of sp³-hybridized carbons (Fsp3) is 0.611. The van der Waals surface area contributed by atoms with Crippen LogP contribution in [0.25, 0.3) is 0 Å². The van der Waals surface area contributed by atoms with Crippen molar-refractivity contribution in [2.75, 3.05) is 45.9 Å². The standard InChI is InChI=1S/C18H29N3O2/c1-3-19-18(22)15-21(14-17-7-5-4-6-8-17)16(2)13-20-9-11-23-12-10-20/h4-8,16H,3,9-15H2,1-2H3,(H,19,22). The van der Waals surface area contributed by atoms with Crippen molar-refractivity contribution in [2.45, 2.75) is 26.4 Å². The maximum atomic E-state index is 12.1. The van der Waals surface area contributed by atoms with Gasteiger partial charge in [0.1, 0.15) is 0 Å². The van der Waals surface area contributed by atoms with Crippen LogP contribution in [0.1, 0.15) is 19.4 Å². The summed E-state index contributed by atoms with van der Waals surface area (Å²) in [5, 5.41) is 2.91. The monoisotopic (exact) mass is 319 g/mol. The average Bonchev–Trinajstić information content (AvgIpc) is 2.56. The molecule has 0 bridgehead atoms. The van der Waals surface area contributed by atoms with E-state index in [4.69, 9.17) is 4.74 Å². The molecule has 5 heteroatoms. The van der Waals surface area contributed by atoms with Crippen molar-refractivity contribution < 1.29 is 9.53 Å². The molecule has 0 saturated carbocycles. The Labute approximate surface area is 139 Å². The fourth-order valence-corrected chi connectivity index (χ4v) is 2.90. The number of hydrogen-bond donors (Lipinski definition) is 1. The molecule has 5 nitrogen and oxygen atoms in total. The lowest BCUT2D eigenvalue weighted by atomic mass is 10.1. The molecule has 1 atom stereocenters. The Bertz CT molecular complexity index is 461. The molecule has 0 aliphatic carbocycles. The van der Waals surface area contributed by atoms with Crippen molar-refractivity contribution in [1.82, 2.24) is 15.1 Å². The smallest absolute Gasteiger partial charge is 0.234 e. The molecule has 1 saturated heterocycles. The summed E-state index contributed by atoms with van der Waals surface area (Å²) in [6.07, 6.45) is 0. The van der Waals surface area contributed by atoms with E-state index in [9.17, 15) is 4.79 Å². The Morgan fingerprint density at radius 1 is 1.30 bits per heavy atom. The first-order valence-corrected chi connectivity index (χ1v) is 8.53. The lowest BCUT2D eigenvalue weighted by Crippen LogP contribution is -2.48. The third kappa shape index (κ3) is 6.29. The summed E-state index contributed by atoms with van der Waals surface area (Å²) in [7, 11) is 0. The van der Waals surface area contributed by atoms with E-state index in [1.807, 2.05) is 25.1 Å². The zero-order chi connectivity index (χ0) is 16.5. The molecule has 128 valence electrons. The zero-order valence-corrected chi connectivity index (χ0v) is 14.3. The maximum Gasteiger partial charge on any atom is 0.234 e. The van der Waals surface area contributed by atoms with Crippen molar-refractivity contribution in [1.29, 1.82) is 0 Å². The van der Waals surface area contributed by atoms with Gasteiger partial charge in [0.15, 0.2) is 0 Å². The highest BCUT2D eigenvalue weighted by Gasteiger charge is 2.21. The second-order valence-corrected chi connectivity index (χ2v) is 6.11. The topological polar surface area (TPSA) is 44.8 Å². The number of hydrogen-bond acceptors (Lipinski definition) is 4. The summed E-state index contributed by atoms with van der Waals surface area (Å²) in [4.78, 5) is 16.7. The molecule has 1 aliphatic rings. The van der Waals surface area contributed by atoms with Gasteiger partial charge in [0.2, 0.25) is 5.91 Å². The Balaban J connectivity index is 1.97. The van der Waals surface area contributed by atoms with E-state index in [-0.39, 0.29) is 5.91 Å². The Morgan fingerprint density at radius 2 is 2.00 bits per heavy atom. The van der Waals surface area contributed by atoms with Gasteiger partial charge in [-0.25, -0.2) is 0 Å². The van der Waals surface area contributed by atoms with Crippen LogP contribution in [0, 0.1) is 0 Å². The number of nitrogens with one attached hydrogen (secondary N) is 1. The summed E-state index contributed by atoms with van der Waals surface area (Å²) in [6.45, 7) is 10.6. The first-order chi connectivity index (χ1) is 11.2. The Morgan fingerprint density at radius 3 is 2.65 bits per heavy atom. The number of morpholine rings is 1. The summed E-state index contributed by atoms with van der Waals surface area (Å²) in [6, 6.07) is 10.7. The van der Waals surface area contributed by atoms with Crippen molar-refractivity contribution >= 4 is 5.91 Å². The minimum absolute atomic E-state index is 0.0947. The van der Waals surface area contributed by atoms with E-state index < -0.39 is 0 Å². The number of nitrogens with zero attached hydrogens (tertiary/aromatic N) is 2. The highest BCUT2D eigenvalue weighted by atomic mass is 16.5. The van der Waals surface area contributed by atoms with Crippen molar-refractivity contribution in [3.8, 4) is 0 Å². The molecule has 1 aromatic rings. The predicted molar refractivity (Wildman–Crippen MR) is 92.3 cm³/mol. The lowest BCUT2D eigenvalue weighted by Gasteiger charge is -2.34. The van der Waals surface area contributed by atoms with Crippen LogP contribution in [0.5, 0.6) is 0 Å². The summed E-state index contributed by atoms with van der Waals surface area (Å²) >= 11 is 0. The van der Waals surface area contributed by atoms with E-state index in [0.717, 1.165) is 39.4 Å². The predicted octanol–water partition coefficient (Wildman–Crippen LogP) is 1.35. The molecular formula is C18H29N3O2. The van der Waals surface area contributed by atoms with Crippen LogP contribution in [0.4, 0.5) is 0 Å². The van der Waals surface area contributed by atoms with E-state index in [1.54, 1.807) is 0 Å². The number of carbonyl (C=O) groups excluding carboxylic acids is 1. The van der Waals surface area contributed by atoms with Gasteiger partial charge in [-0.15, -0.1) is 0 Å². The molecule has 1 N–H and O–H groups in total. The van der Waals surface area contributed by atoms with E-state index in [2.05, 4.69) is 34.2 Å². The van der Waals surface area contributed by atoms with Gasteiger partial charge < -0.3 is 10.1 Å². The number of benzene rings is 1. The molecule has 1 aliphatic heterocycles. The summed E-state index contributed by atoms with van der Waals surface area (Å²) in [5.74, 6) is 0.0947. The Kier molecular flexibility index (Phi) is 7.52. The van der Waals surface area contributed by atoms with Crippen LogP contribution in [-0.2, 0) is 16.1 Å². The molecule has 2 rings (SSSR count). The average molecular weight is 319 g/mol. The molecular weight excluding hydrogens is 290 g/mol. The fourth-order valence-electron chi connectivity index (χ4n) is 2.90. The van der Waals surface area contributed by atoms with E-state index in [1.165, 1.54) is 5.56 Å². The van der Waals surface area contributed by atoms with Crippen LogP contribution in [0.2, 0.25) is 0 Å². The van der Waals surface area contributed by atoms with Crippen LogP contribution in [0.3, 0.4) is 0 Å². The molecule has 1 heterocycles. The van der Waals surface area contributed by atoms with Crippen molar-refractivity contribution in [3.05, 3.63) is 35.9 Å². The molecule has 0 radical (unpaired) electrons. The van der Waals surface area contributed by atoms with Gasteiger partial charge >= 0.3 is 0 Å². The molecule has 23 heavy (non-hydrogen) atoms. The van der Waals surface area contributed by atoms with Crippen LogP contribution < -0.4 is 5.32 Å². The quantitative estimate of drug-likeness (QED) is 0.785. The molecule has 1 amide bonds. The number of ether oxygens (including phenoxy) is 1. The second kappa shape index (κ2) is 9.65. The minimum Gasteiger partial charge on any atom is -0.379 e. The van der Waals surface area contributed by atoms with E-state index >= 15 is 0 Å². The number of rotatable bonds is 8. The molecule has 1 unspecified atom stereocenters. The van der Waals surface area contributed by atoms with Gasteiger partial charge in [0, 0.05) is 38.8 Å². The summed E-state index contributed by atoms with van der Waals surface area (Å²) < 4.78 is 5.41. The third-order valence-corrected chi connectivity index (χ3v) is 4.20. The Hall–Kier alpha value is -1.43. The van der Waals surface area contributed by atoms with E-state index in [0.29, 0.717) is 19.1 Å². The van der Waals surface area contributed by atoms with Gasteiger partial charge in [-0.05, 0) is 19.4 Å². The minimum atomic E-state index is 0.0947. The second-order valence-electron chi connectivity index (χ2n) is 6.11. The first kappa shape index (κ1) is 17.9. The maximum absolute atomic E-state index is 12.1. The van der Waals surface area contributed by atoms with Gasteiger partial charge in [0.25, 0.3) is 0 Å².